The number of hydrogen-bond donors (Lipinski definition) is 2. The Morgan fingerprint density at radius 1 is 1.17 bits per heavy atom. The minimum atomic E-state index is -2.98. The van der Waals surface area contributed by atoms with Crippen LogP contribution >= 0.6 is 0 Å². The molecule has 3 nitrogen and oxygen atoms in total. The molecule has 0 aromatic carbocycles. The zero-order chi connectivity index (χ0) is 27.1. The molecule has 29 heavy (non-hydrogen) atoms. The lowest BCUT2D eigenvalue weighted by molar-refractivity contribution is -0.0264. The third-order valence-corrected chi connectivity index (χ3v) is 13.1. The normalized spacial score (nSPS) is 36.2. The molecule has 0 unspecified atom stereocenters. The van der Waals surface area contributed by atoms with Crippen LogP contribution < -0.4 is 0 Å². The third-order valence-electron chi connectivity index (χ3n) is 8.57. The van der Waals surface area contributed by atoms with Crippen molar-refractivity contribution in [3.8, 4) is 0 Å². The molecule has 2 N–H and O–H groups in total. The molecule has 4 heteroatoms. The molecule has 0 spiro atoms. The zero-order valence-corrected chi connectivity index (χ0v) is 20.7. The van der Waals surface area contributed by atoms with Gasteiger partial charge in [-0.3, -0.25) is 0 Å². The van der Waals surface area contributed by atoms with Crippen LogP contribution in [-0.4, -0.2) is 36.8 Å². The first-order chi connectivity index (χ1) is 15.7. The first-order valence-electron chi connectivity index (χ1n) is 14.7. The second-order valence-electron chi connectivity index (χ2n) is 11.6. The Hall–Kier alpha value is 0.0969. The molecule has 5 atom stereocenters. The molecule has 2 fully saturated rings. The number of rotatable bonds is 9. The van der Waals surface area contributed by atoms with Crippen molar-refractivity contribution in [2.75, 3.05) is 6.61 Å². The number of aliphatic hydroxyl groups is 2. The standard InChI is InChI=1S/C25H50O3Si/c1-23(2,3)29(7,8)28-22-12-10-17-25(6)20(13-14-21(22)25)19(15-18-26)11-9-16-24(4,5)27/h19-22,26-27H,9-18H2,1-8H3/t19-,20-,21+,22+,25-/m1/s1/i4D3,5D3. The lowest BCUT2D eigenvalue weighted by atomic mass is 9.60. The van der Waals surface area contributed by atoms with Crippen molar-refractivity contribution in [1.29, 1.82) is 0 Å². The first kappa shape index (κ1) is 17.6. The van der Waals surface area contributed by atoms with Gasteiger partial charge in [0.25, 0.3) is 0 Å². The van der Waals surface area contributed by atoms with Gasteiger partial charge >= 0.3 is 0 Å². The fourth-order valence-corrected chi connectivity index (χ4v) is 7.36. The van der Waals surface area contributed by atoms with Crippen molar-refractivity contribution in [3.05, 3.63) is 0 Å². The van der Waals surface area contributed by atoms with Gasteiger partial charge in [0.1, 0.15) is 0 Å². The Labute approximate surface area is 190 Å². The van der Waals surface area contributed by atoms with Crippen LogP contribution in [0, 0.1) is 23.2 Å². The molecule has 2 aliphatic carbocycles. The summed E-state index contributed by atoms with van der Waals surface area (Å²) in [5.41, 5.74) is -2.62. The van der Waals surface area contributed by atoms with Crippen molar-refractivity contribution >= 4 is 8.32 Å². The van der Waals surface area contributed by atoms with Gasteiger partial charge in [-0.2, -0.15) is 0 Å². The van der Waals surface area contributed by atoms with E-state index in [1.165, 1.54) is 0 Å². The van der Waals surface area contributed by atoms with Gasteiger partial charge in [0.15, 0.2) is 8.32 Å². The fourth-order valence-electron chi connectivity index (χ4n) is 5.96. The Morgan fingerprint density at radius 2 is 1.86 bits per heavy atom. The molecule has 0 aliphatic heterocycles. The van der Waals surface area contributed by atoms with E-state index in [2.05, 4.69) is 40.8 Å². The van der Waals surface area contributed by atoms with Gasteiger partial charge in [0.05, 0.1) is 5.60 Å². The highest BCUT2D eigenvalue weighted by Gasteiger charge is 2.54. The van der Waals surface area contributed by atoms with E-state index in [4.69, 9.17) is 12.7 Å². The maximum atomic E-state index is 10.7. The lowest BCUT2D eigenvalue weighted by Crippen LogP contribution is -2.50. The SMILES string of the molecule is [2H]C([2H])([2H])C(O)(CCC[C@H](CCO)[C@H]1CC[C@H]2[C@@H](O[Si](C)(C)C(C)(C)C)CCC[C@]12C)C([2H])([2H])[2H]. The maximum Gasteiger partial charge on any atom is 0.192 e. The summed E-state index contributed by atoms with van der Waals surface area (Å²) < 4.78 is 52.8. The largest absolute Gasteiger partial charge is 0.414 e. The highest BCUT2D eigenvalue weighted by Crippen LogP contribution is 2.60. The van der Waals surface area contributed by atoms with E-state index in [-0.39, 0.29) is 35.5 Å². The predicted octanol–water partition coefficient (Wildman–Crippen LogP) is 6.53. The maximum absolute atomic E-state index is 10.7. The van der Waals surface area contributed by atoms with E-state index in [9.17, 15) is 10.2 Å². The van der Waals surface area contributed by atoms with Crippen LogP contribution in [0.3, 0.4) is 0 Å². The highest BCUT2D eigenvalue weighted by atomic mass is 28.4. The van der Waals surface area contributed by atoms with Crippen molar-refractivity contribution in [2.24, 2.45) is 23.2 Å². The molecule has 0 bridgehead atoms. The summed E-state index contributed by atoms with van der Waals surface area (Å²) in [5, 5.41) is 20.6. The molecule has 2 rings (SSSR count). The van der Waals surface area contributed by atoms with Crippen LogP contribution in [0.25, 0.3) is 0 Å². The van der Waals surface area contributed by atoms with Gasteiger partial charge < -0.3 is 14.6 Å². The second-order valence-corrected chi connectivity index (χ2v) is 16.4. The average molecular weight is 433 g/mol. The van der Waals surface area contributed by atoms with Crippen molar-refractivity contribution < 1.29 is 22.9 Å². The van der Waals surface area contributed by atoms with Gasteiger partial charge in [-0.05, 0) is 100.0 Å². The molecule has 0 heterocycles. The Kier molecular flexibility index (Phi) is 5.65. The van der Waals surface area contributed by atoms with E-state index in [1.54, 1.807) is 0 Å². The fraction of sp³-hybridized carbons (Fsp3) is 1.00. The van der Waals surface area contributed by atoms with E-state index >= 15 is 0 Å². The van der Waals surface area contributed by atoms with Crippen LogP contribution in [0.2, 0.25) is 18.1 Å². The van der Waals surface area contributed by atoms with Crippen LogP contribution in [0.15, 0.2) is 0 Å². The minimum Gasteiger partial charge on any atom is -0.414 e. The lowest BCUT2D eigenvalue weighted by Gasteiger charge is -2.50. The minimum absolute atomic E-state index is 0.0502. The summed E-state index contributed by atoms with van der Waals surface area (Å²) in [6.07, 6.45) is 6.95. The van der Waals surface area contributed by atoms with Crippen molar-refractivity contribution in [1.82, 2.24) is 0 Å². The molecule has 172 valence electrons. The van der Waals surface area contributed by atoms with Crippen LogP contribution in [0.5, 0.6) is 0 Å². The summed E-state index contributed by atoms with van der Waals surface area (Å²) in [4.78, 5) is 0. The third kappa shape index (κ3) is 6.08. The van der Waals surface area contributed by atoms with Crippen LogP contribution in [0.1, 0.15) is 107 Å². The summed E-state index contributed by atoms with van der Waals surface area (Å²) in [6.45, 7) is 7.92. The number of fused-ring (bicyclic) bond motifs is 1. The predicted molar refractivity (Wildman–Crippen MR) is 126 cm³/mol. The average Bonchev–Trinajstić information content (AvgIpc) is 3.02. The van der Waals surface area contributed by atoms with Gasteiger partial charge in [0, 0.05) is 20.9 Å². The van der Waals surface area contributed by atoms with Gasteiger partial charge in [-0.15, -0.1) is 0 Å². The Balaban J connectivity index is 2.17. The van der Waals surface area contributed by atoms with E-state index in [0.29, 0.717) is 31.1 Å². The van der Waals surface area contributed by atoms with Gasteiger partial charge in [-0.1, -0.05) is 40.5 Å². The molecular formula is C25H50O3Si. The van der Waals surface area contributed by atoms with Crippen molar-refractivity contribution in [3.63, 3.8) is 0 Å². The van der Waals surface area contributed by atoms with E-state index < -0.39 is 27.6 Å². The second kappa shape index (κ2) is 9.30. The molecule has 0 radical (unpaired) electrons. The molecule has 2 aliphatic rings. The van der Waals surface area contributed by atoms with Gasteiger partial charge in [0.2, 0.25) is 0 Å². The Bertz CT molecular complexity index is 689. The zero-order valence-electron chi connectivity index (χ0n) is 25.7. The molecule has 0 amide bonds. The summed E-state index contributed by atoms with van der Waals surface area (Å²) in [6, 6.07) is 0. The molecule has 0 aromatic rings. The summed E-state index contributed by atoms with van der Waals surface area (Å²) >= 11 is 0. The smallest absolute Gasteiger partial charge is 0.192 e. The van der Waals surface area contributed by atoms with Crippen molar-refractivity contribution in [2.45, 2.75) is 129 Å². The molecule has 0 saturated heterocycles. The summed E-state index contributed by atoms with van der Waals surface area (Å²) in [7, 11) is -1.90. The quantitative estimate of drug-likeness (QED) is 0.407. The van der Waals surface area contributed by atoms with E-state index in [1.807, 2.05) is 0 Å². The number of hydrogen-bond acceptors (Lipinski definition) is 3. The van der Waals surface area contributed by atoms with Crippen LogP contribution in [0.4, 0.5) is 0 Å². The first-order valence-corrected chi connectivity index (χ1v) is 14.6. The summed E-state index contributed by atoms with van der Waals surface area (Å²) in [5.74, 6) is 1.01. The topological polar surface area (TPSA) is 49.7 Å². The highest BCUT2D eigenvalue weighted by molar-refractivity contribution is 6.74. The van der Waals surface area contributed by atoms with Gasteiger partial charge in [-0.25, -0.2) is 0 Å². The number of aliphatic hydroxyl groups excluding tert-OH is 1. The molecule has 0 aromatic heterocycles. The molecule has 2 saturated carbocycles. The Morgan fingerprint density at radius 3 is 2.45 bits per heavy atom. The monoisotopic (exact) mass is 432 g/mol. The molecular weight excluding hydrogens is 376 g/mol. The van der Waals surface area contributed by atoms with Crippen LogP contribution in [-0.2, 0) is 4.43 Å². The van der Waals surface area contributed by atoms with E-state index in [0.717, 1.165) is 32.1 Å².